The summed E-state index contributed by atoms with van der Waals surface area (Å²) in [6, 6.07) is 8.10. The Morgan fingerprint density at radius 3 is 2.61 bits per heavy atom. The molecular formula is C12H16N4OS. The van der Waals surface area contributed by atoms with Crippen molar-refractivity contribution in [3.63, 3.8) is 0 Å². The Kier molecular flexibility index (Phi) is 3.88. The van der Waals surface area contributed by atoms with Crippen LogP contribution in [0, 0.1) is 0 Å². The average Bonchev–Trinajstić information content (AvgIpc) is 2.71. The van der Waals surface area contributed by atoms with Gasteiger partial charge in [-0.3, -0.25) is 4.57 Å². The Morgan fingerprint density at radius 1 is 1.44 bits per heavy atom. The maximum Gasteiger partial charge on any atom is 0.343 e. The van der Waals surface area contributed by atoms with Crippen molar-refractivity contribution in [2.75, 3.05) is 0 Å². The summed E-state index contributed by atoms with van der Waals surface area (Å²) in [5, 5.41) is 7.01. The van der Waals surface area contributed by atoms with Crippen LogP contribution in [0.2, 0.25) is 0 Å². The van der Waals surface area contributed by atoms with E-state index in [4.69, 9.17) is 5.73 Å². The van der Waals surface area contributed by atoms with Gasteiger partial charge in [0.1, 0.15) is 0 Å². The molecular weight excluding hydrogens is 248 g/mol. The SMILES string of the molecule is CC[C@@H](N)c1ccc(Sc2n[nH]c(=O)n2C)cc1. The van der Waals surface area contributed by atoms with E-state index in [1.807, 2.05) is 24.3 Å². The Balaban J connectivity index is 2.16. The first-order valence-electron chi connectivity index (χ1n) is 5.76. The molecule has 6 heteroatoms. The molecule has 5 nitrogen and oxygen atoms in total. The van der Waals surface area contributed by atoms with Crippen LogP contribution in [0.15, 0.2) is 39.1 Å². The number of hydrogen-bond donors (Lipinski definition) is 2. The number of nitrogens with one attached hydrogen (secondary N) is 1. The summed E-state index contributed by atoms with van der Waals surface area (Å²) in [6.07, 6.45) is 0.917. The van der Waals surface area contributed by atoms with Crippen LogP contribution in [0.25, 0.3) is 0 Å². The van der Waals surface area contributed by atoms with Gasteiger partial charge in [-0.05, 0) is 35.9 Å². The average molecular weight is 264 g/mol. The van der Waals surface area contributed by atoms with E-state index >= 15 is 0 Å². The molecule has 1 aromatic heterocycles. The summed E-state index contributed by atoms with van der Waals surface area (Å²) >= 11 is 1.44. The minimum atomic E-state index is -0.206. The highest BCUT2D eigenvalue weighted by atomic mass is 32.2. The molecule has 2 rings (SSSR count). The van der Waals surface area contributed by atoms with Crippen LogP contribution in [0.4, 0.5) is 0 Å². The lowest BCUT2D eigenvalue weighted by molar-refractivity contribution is 0.698. The first-order valence-corrected chi connectivity index (χ1v) is 6.58. The lowest BCUT2D eigenvalue weighted by Crippen LogP contribution is -2.12. The molecule has 2 aromatic rings. The molecule has 96 valence electrons. The number of hydrogen-bond acceptors (Lipinski definition) is 4. The molecule has 0 spiro atoms. The number of H-pyrrole nitrogens is 1. The van der Waals surface area contributed by atoms with Crippen LogP contribution >= 0.6 is 11.8 Å². The molecule has 1 aromatic carbocycles. The van der Waals surface area contributed by atoms with Gasteiger partial charge < -0.3 is 5.73 Å². The van der Waals surface area contributed by atoms with Crippen LogP contribution in [-0.2, 0) is 7.05 Å². The van der Waals surface area contributed by atoms with E-state index in [1.165, 1.54) is 16.3 Å². The fraction of sp³-hybridized carbons (Fsp3) is 0.333. The Labute approximate surface area is 109 Å². The maximum atomic E-state index is 11.2. The molecule has 0 saturated carbocycles. The summed E-state index contributed by atoms with van der Waals surface area (Å²) in [6.45, 7) is 2.06. The third-order valence-corrected chi connectivity index (χ3v) is 3.85. The molecule has 18 heavy (non-hydrogen) atoms. The predicted molar refractivity (Wildman–Crippen MR) is 71.6 cm³/mol. The van der Waals surface area contributed by atoms with Gasteiger partial charge in [0.15, 0.2) is 5.16 Å². The first-order chi connectivity index (χ1) is 8.61. The second kappa shape index (κ2) is 5.41. The molecule has 0 bridgehead atoms. The molecule has 0 unspecified atom stereocenters. The summed E-state index contributed by atoms with van der Waals surface area (Å²) < 4.78 is 1.48. The molecule has 3 N–H and O–H groups in total. The summed E-state index contributed by atoms with van der Waals surface area (Å²) in [4.78, 5) is 12.3. The van der Waals surface area contributed by atoms with Crippen molar-refractivity contribution in [2.45, 2.75) is 29.4 Å². The van der Waals surface area contributed by atoms with Crippen molar-refractivity contribution in [3.8, 4) is 0 Å². The van der Waals surface area contributed by atoms with Gasteiger partial charge in [-0.25, -0.2) is 9.89 Å². The zero-order valence-corrected chi connectivity index (χ0v) is 11.2. The van der Waals surface area contributed by atoms with Crippen molar-refractivity contribution in [1.82, 2.24) is 14.8 Å². The van der Waals surface area contributed by atoms with E-state index in [9.17, 15) is 4.79 Å². The monoisotopic (exact) mass is 264 g/mol. The summed E-state index contributed by atoms with van der Waals surface area (Å²) in [5.74, 6) is 0. The van der Waals surface area contributed by atoms with E-state index < -0.39 is 0 Å². The fourth-order valence-corrected chi connectivity index (χ4v) is 2.34. The topological polar surface area (TPSA) is 76.7 Å². The second-order valence-corrected chi connectivity index (χ2v) is 5.10. The Bertz CT molecular complexity index is 573. The molecule has 0 fully saturated rings. The molecule has 0 aliphatic heterocycles. The highest BCUT2D eigenvalue weighted by molar-refractivity contribution is 7.99. The van der Waals surface area contributed by atoms with E-state index in [2.05, 4.69) is 17.1 Å². The third-order valence-electron chi connectivity index (χ3n) is 2.80. The third kappa shape index (κ3) is 2.65. The number of benzene rings is 1. The van der Waals surface area contributed by atoms with Gasteiger partial charge >= 0.3 is 5.69 Å². The van der Waals surface area contributed by atoms with Crippen molar-refractivity contribution >= 4 is 11.8 Å². The van der Waals surface area contributed by atoms with E-state index in [0.29, 0.717) is 5.16 Å². The Hall–Kier alpha value is -1.53. The molecule has 0 saturated heterocycles. The number of aromatic nitrogens is 3. The normalized spacial score (nSPS) is 12.6. The lowest BCUT2D eigenvalue weighted by Gasteiger charge is -2.09. The van der Waals surface area contributed by atoms with E-state index in [-0.39, 0.29) is 11.7 Å². The molecule has 0 aliphatic rings. The zero-order valence-electron chi connectivity index (χ0n) is 10.4. The predicted octanol–water partition coefficient (Wildman–Crippen LogP) is 1.67. The minimum Gasteiger partial charge on any atom is -0.324 e. The van der Waals surface area contributed by atoms with Gasteiger partial charge in [0.2, 0.25) is 0 Å². The molecule has 0 aliphatic carbocycles. The molecule has 0 amide bonds. The fourth-order valence-electron chi connectivity index (χ4n) is 1.55. The van der Waals surface area contributed by atoms with Crippen molar-refractivity contribution in [1.29, 1.82) is 0 Å². The summed E-state index contributed by atoms with van der Waals surface area (Å²) in [7, 11) is 1.69. The van der Waals surface area contributed by atoms with Gasteiger partial charge in [-0.2, -0.15) is 0 Å². The Morgan fingerprint density at radius 2 is 2.11 bits per heavy atom. The molecule has 0 radical (unpaired) electrons. The van der Waals surface area contributed by atoms with Crippen molar-refractivity contribution in [2.24, 2.45) is 12.8 Å². The first kappa shape index (κ1) is 12.9. The van der Waals surface area contributed by atoms with Crippen molar-refractivity contribution in [3.05, 3.63) is 40.3 Å². The van der Waals surface area contributed by atoms with Crippen LogP contribution < -0.4 is 11.4 Å². The zero-order chi connectivity index (χ0) is 13.1. The maximum absolute atomic E-state index is 11.2. The molecule has 1 atom stereocenters. The lowest BCUT2D eigenvalue weighted by atomic mass is 10.1. The number of nitrogens with zero attached hydrogens (tertiary/aromatic N) is 2. The highest BCUT2D eigenvalue weighted by Gasteiger charge is 2.07. The second-order valence-electron chi connectivity index (χ2n) is 4.06. The van der Waals surface area contributed by atoms with Gasteiger partial charge in [-0.15, -0.1) is 5.10 Å². The van der Waals surface area contributed by atoms with Crippen LogP contribution in [0.5, 0.6) is 0 Å². The number of rotatable bonds is 4. The number of nitrogens with two attached hydrogens (primary N) is 1. The standard InChI is InChI=1S/C12H16N4OS/c1-3-10(13)8-4-6-9(7-5-8)18-12-15-14-11(17)16(12)2/h4-7,10H,3,13H2,1-2H3,(H,14,17)/t10-/m1/s1. The highest BCUT2D eigenvalue weighted by Crippen LogP contribution is 2.26. The van der Waals surface area contributed by atoms with Crippen LogP contribution in [0.1, 0.15) is 24.9 Å². The van der Waals surface area contributed by atoms with E-state index in [0.717, 1.165) is 16.9 Å². The largest absolute Gasteiger partial charge is 0.343 e. The van der Waals surface area contributed by atoms with Gasteiger partial charge in [0, 0.05) is 18.0 Å². The minimum absolute atomic E-state index is 0.0822. The smallest absolute Gasteiger partial charge is 0.324 e. The van der Waals surface area contributed by atoms with E-state index in [1.54, 1.807) is 7.05 Å². The van der Waals surface area contributed by atoms with Gasteiger partial charge in [0.05, 0.1) is 0 Å². The van der Waals surface area contributed by atoms with Crippen LogP contribution in [-0.4, -0.2) is 14.8 Å². The summed E-state index contributed by atoms with van der Waals surface area (Å²) in [5.41, 5.74) is 6.87. The van der Waals surface area contributed by atoms with Gasteiger partial charge in [0.25, 0.3) is 0 Å². The van der Waals surface area contributed by atoms with Gasteiger partial charge in [-0.1, -0.05) is 19.1 Å². The quantitative estimate of drug-likeness (QED) is 0.880. The van der Waals surface area contributed by atoms with Crippen LogP contribution in [0.3, 0.4) is 0 Å². The van der Waals surface area contributed by atoms with Crippen molar-refractivity contribution < 1.29 is 0 Å². The molecule has 1 heterocycles. The number of aromatic amines is 1.